The van der Waals surface area contributed by atoms with Gasteiger partial charge in [-0.15, -0.1) is 0 Å². The van der Waals surface area contributed by atoms with Gasteiger partial charge >= 0.3 is 6.18 Å². The van der Waals surface area contributed by atoms with Crippen molar-refractivity contribution < 1.29 is 26.4 Å². The van der Waals surface area contributed by atoms with Gasteiger partial charge in [0.05, 0.1) is 4.90 Å². The van der Waals surface area contributed by atoms with Gasteiger partial charge < -0.3 is 5.32 Å². The number of alkyl halides is 3. The molecule has 2 aromatic carbocycles. The molecule has 1 aromatic heterocycles. The number of H-pyrrole nitrogens is 1. The van der Waals surface area contributed by atoms with Crippen LogP contribution >= 0.6 is 0 Å². The Hall–Kier alpha value is -3.25. The molecule has 1 atom stereocenters. The number of halogens is 3. The fraction of sp³-hybridized carbons (Fsp3) is 0.211. The highest BCUT2D eigenvalue weighted by Crippen LogP contribution is 2.22. The average Bonchev–Trinajstić information content (AvgIpc) is 3.16. The molecule has 0 fully saturated rings. The number of aryl methyl sites for hydroxylation is 1. The first-order valence-electron chi connectivity index (χ1n) is 8.96. The van der Waals surface area contributed by atoms with E-state index in [4.69, 9.17) is 0 Å². The third-order valence-electron chi connectivity index (χ3n) is 4.15. The van der Waals surface area contributed by atoms with Crippen molar-refractivity contribution in [1.82, 2.24) is 25.2 Å². The summed E-state index contributed by atoms with van der Waals surface area (Å²) in [5, 5.41) is 8.43. The average molecular weight is 453 g/mol. The molecule has 12 heteroatoms. The second kappa shape index (κ2) is 8.86. The highest BCUT2D eigenvalue weighted by Gasteiger charge is 2.28. The van der Waals surface area contributed by atoms with E-state index in [2.05, 4.69) is 19.9 Å². The number of sulfonamides is 1. The molecule has 3 N–H and O–H groups in total. The van der Waals surface area contributed by atoms with E-state index in [1.54, 1.807) is 42.6 Å². The molecule has 31 heavy (non-hydrogen) atoms. The standard InChI is InChI=1S/C19H18F3N5O3S/c1-12-24-17(26-25-12)16(13-5-3-2-4-6-13)27-31(29,30)15-9-7-14(8-10-15)18(28)23-11-19(20,21)22/h2-10,16,27H,11H2,1H3,(H,23,28)(H,24,25,26). The fourth-order valence-electron chi connectivity index (χ4n) is 2.70. The van der Waals surface area contributed by atoms with Crippen molar-refractivity contribution in [3.8, 4) is 0 Å². The summed E-state index contributed by atoms with van der Waals surface area (Å²) < 4.78 is 65.1. The minimum Gasteiger partial charge on any atom is -0.343 e. The Kier molecular flexibility index (Phi) is 6.41. The molecule has 0 aliphatic carbocycles. The van der Waals surface area contributed by atoms with Gasteiger partial charge in [0.25, 0.3) is 5.91 Å². The number of aromatic nitrogens is 3. The first-order valence-corrected chi connectivity index (χ1v) is 10.4. The number of aromatic amines is 1. The van der Waals surface area contributed by atoms with Crippen LogP contribution in [0.4, 0.5) is 13.2 Å². The molecule has 1 amide bonds. The molecule has 0 bridgehead atoms. The molecule has 0 saturated carbocycles. The lowest BCUT2D eigenvalue weighted by Gasteiger charge is -2.17. The second-order valence-electron chi connectivity index (χ2n) is 6.57. The highest BCUT2D eigenvalue weighted by atomic mass is 32.2. The van der Waals surface area contributed by atoms with Gasteiger partial charge in [-0.25, -0.2) is 13.4 Å². The molecule has 0 saturated heterocycles. The van der Waals surface area contributed by atoms with Gasteiger partial charge in [-0.1, -0.05) is 30.3 Å². The van der Waals surface area contributed by atoms with Crippen molar-refractivity contribution in [3.63, 3.8) is 0 Å². The van der Waals surface area contributed by atoms with Gasteiger partial charge in [-0.2, -0.15) is 23.0 Å². The van der Waals surface area contributed by atoms with Gasteiger partial charge in [-0.05, 0) is 36.8 Å². The topological polar surface area (TPSA) is 117 Å². The molecule has 3 aromatic rings. The smallest absolute Gasteiger partial charge is 0.343 e. The Labute approximate surface area is 176 Å². The largest absolute Gasteiger partial charge is 0.405 e. The molecular weight excluding hydrogens is 435 g/mol. The Morgan fingerprint density at radius 3 is 2.29 bits per heavy atom. The lowest BCUT2D eigenvalue weighted by atomic mass is 10.1. The monoisotopic (exact) mass is 453 g/mol. The number of nitrogens with one attached hydrogen (secondary N) is 3. The SMILES string of the molecule is Cc1nc(C(NS(=O)(=O)c2ccc(C(=O)NCC(F)(F)F)cc2)c2ccccc2)n[nH]1. The Morgan fingerprint density at radius 2 is 1.74 bits per heavy atom. The Balaban J connectivity index is 1.82. The maximum absolute atomic E-state index is 12.9. The third-order valence-corrected chi connectivity index (χ3v) is 5.59. The van der Waals surface area contributed by atoms with E-state index < -0.39 is 34.7 Å². The van der Waals surface area contributed by atoms with Crippen molar-refractivity contribution in [3.05, 3.63) is 77.4 Å². The van der Waals surface area contributed by atoms with Gasteiger partial charge in [-0.3, -0.25) is 9.89 Å². The summed E-state index contributed by atoms with van der Waals surface area (Å²) in [5.41, 5.74) is 0.501. The van der Waals surface area contributed by atoms with E-state index in [9.17, 15) is 26.4 Å². The van der Waals surface area contributed by atoms with Crippen LogP contribution in [0.3, 0.4) is 0 Å². The van der Waals surface area contributed by atoms with Crippen molar-refractivity contribution in [2.75, 3.05) is 6.54 Å². The Bertz CT molecular complexity index is 1150. The van der Waals surface area contributed by atoms with Crippen LogP contribution in [0.1, 0.15) is 33.6 Å². The lowest BCUT2D eigenvalue weighted by Crippen LogP contribution is -2.33. The Morgan fingerprint density at radius 1 is 1.10 bits per heavy atom. The second-order valence-corrected chi connectivity index (χ2v) is 8.28. The van der Waals surface area contributed by atoms with Gasteiger partial charge in [0.15, 0.2) is 5.82 Å². The van der Waals surface area contributed by atoms with E-state index in [0.29, 0.717) is 11.4 Å². The van der Waals surface area contributed by atoms with Crippen molar-refractivity contribution >= 4 is 15.9 Å². The third kappa shape index (κ3) is 5.89. The summed E-state index contributed by atoms with van der Waals surface area (Å²) in [6.45, 7) is 0.192. The zero-order valence-corrected chi connectivity index (χ0v) is 17.0. The number of hydrogen-bond acceptors (Lipinski definition) is 5. The minimum atomic E-state index is -4.55. The first kappa shape index (κ1) is 22.4. The normalized spacial score (nSPS) is 13.0. The van der Waals surface area contributed by atoms with Crippen LogP contribution in [0.25, 0.3) is 0 Å². The summed E-state index contributed by atoms with van der Waals surface area (Å²) in [6.07, 6.45) is -4.55. The van der Waals surface area contributed by atoms with Crippen molar-refractivity contribution in [2.45, 2.75) is 24.0 Å². The fourth-order valence-corrected chi connectivity index (χ4v) is 3.88. The van der Waals surface area contributed by atoms with Crippen LogP contribution in [0.2, 0.25) is 0 Å². The van der Waals surface area contributed by atoms with E-state index in [1.165, 1.54) is 0 Å². The van der Waals surface area contributed by atoms with Crippen LogP contribution in [0.5, 0.6) is 0 Å². The first-order chi connectivity index (χ1) is 14.5. The molecular formula is C19H18F3N5O3S. The van der Waals surface area contributed by atoms with E-state index >= 15 is 0 Å². The number of rotatable bonds is 7. The number of amides is 1. The maximum Gasteiger partial charge on any atom is 0.405 e. The van der Waals surface area contributed by atoms with Crippen LogP contribution in [-0.2, 0) is 10.0 Å². The predicted octanol–water partition coefficient (Wildman–Crippen LogP) is 2.47. The highest BCUT2D eigenvalue weighted by molar-refractivity contribution is 7.89. The van der Waals surface area contributed by atoms with Gasteiger partial charge in [0.2, 0.25) is 10.0 Å². The predicted molar refractivity (Wildman–Crippen MR) is 105 cm³/mol. The molecule has 164 valence electrons. The molecule has 8 nitrogen and oxygen atoms in total. The summed E-state index contributed by atoms with van der Waals surface area (Å²) in [6, 6.07) is 12.3. The summed E-state index contributed by atoms with van der Waals surface area (Å²) in [5.74, 6) is -0.243. The van der Waals surface area contributed by atoms with E-state index in [0.717, 1.165) is 24.3 Å². The zero-order chi connectivity index (χ0) is 22.6. The number of carbonyl (C=O) groups is 1. The quantitative estimate of drug-likeness (QED) is 0.508. The zero-order valence-electron chi connectivity index (χ0n) is 16.1. The molecule has 0 spiro atoms. The van der Waals surface area contributed by atoms with Crippen molar-refractivity contribution in [2.24, 2.45) is 0 Å². The van der Waals surface area contributed by atoms with Crippen LogP contribution < -0.4 is 10.0 Å². The number of nitrogens with zero attached hydrogens (tertiary/aromatic N) is 2. The van der Waals surface area contributed by atoms with E-state index in [1.807, 2.05) is 0 Å². The van der Waals surface area contributed by atoms with Gasteiger partial charge in [0.1, 0.15) is 18.4 Å². The number of benzene rings is 2. The van der Waals surface area contributed by atoms with Crippen LogP contribution in [0, 0.1) is 6.92 Å². The molecule has 0 aliphatic heterocycles. The van der Waals surface area contributed by atoms with Crippen molar-refractivity contribution in [1.29, 1.82) is 0 Å². The van der Waals surface area contributed by atoms with Crippen LogP contribution in [0.15, 0.2) is 59.5 Å². The molecule has 0 radical (unpaired) electrons. The van der Waals surface area contributed by atoms with E-state index in [-0.39, 0.29) is 16.3 Å². The maximum atomic E-state index is 12.9. The summed E-state index contributed by atoms with van der Waals surface area (Å²) in [7, 11) is -4.08. The van der Waals surface area contributed by atoms with Gasteiger partial charge in [0, 0.05) is 5.56 Å². The number of carbonyl (C=O) groups excluding carboxylic acids is 1. The minimum absolute atomic E-state index is 0.104. The summed E-state index contributed by atoms with van der Waals surface area (Å²) >= 11 is 0. The molecule has 0 aliphatic rings. The number of hydrogen-bond donors (Lipinski definition) is 3. The summed E-state index contributed by atoms with van der Waals surface area (Å²) in [4.78, 5) is 15.8. The lowest BCUT2D eigenvalue weighted by molar-refractivity contribution is -0.123. The molecule has 1 heterocycles. The van der Waals surface area contributed by atoms with Crippen LogP contribution in [-0.4, -0.2) is 42.2 Å². The molecule has 1 unspecified atom stereocenters. The molecule has 3 rings (SSSR count).